The van der Waals surface area contributed by atoms with Gasteiger partial charge < -0.3 is 4.74 Å². The first-order valence-electron chi connectivity index (χ1n) is 14.7. The lowest BCUT2D eigenvalue weighted by molar-refractivity contribution is -0.165. The highest BCUT2D eigenvalue weighted by molar-refractivity contribution is 5.69. The normalized spacial score (nSPS) is 25.4. The summed E-state index contributed by atoms with van der Waals surface area (Å²) in [4.78, 5) is 12.6. The predicted octanol–water partition coefficient (Wildman–Crippen LogP) is 9.95. The van der Waals surface area contributed by atoms with Crippen LogP contribution < -0.4 is 0 Å². The topological polar surface area (TPSA) is 26.3 Å². The Morgan fingerprint density at radius 2 is 1.48 bits per heavy atom. The van der Waals surface area contributed by atoms with Gasteiger partial charge in [-0.15, -0.1) is 0 Å². The average molecular weight is 461 g/mol. The van der Waals surface area contributed by atoms with E-state index in [2.05, 4.69) is 40.7 Å². The number of fused-ring (bicyclic) bond motifs is 1. The minimum Gasteiger partial charge on any atom is -0.459 e. The minimum atomic E-state index is -0.341. The summed E-state index contributed by atoms with van der Waals surface area (Å²) < 4.78 is 6.07. The van der Waals surface area contributed by atoms with Crippen LogP contribution in [0.4, 0.5) is 0 Å². The second-order valence-electron chi connectivity index (χ2n) is 12.2. The number of carbonyl (C=O) groups is 1. The first kappa shape index (κ1) is 28.4. The lowest BCUT2D eigenvalue weighted by atomic mass is 9.56. The molecule has 0 spiro atoms. The second kappa shape index (κ2) is 14.6. The van der Waals surface area contributed by atoms with Gasteiger partial charge in [0.05, 0.1) is 0 Å². The molecule has 2 nitrogen and oxygen atoms in total. The molecule has 0 aromatic rings. The van der Waals surface area contributed by atoms with Crippen LogP contribution in [0.3, 0.4) is 0 Å². The summed E-state index contributed by atoms with van der Waals surface area (Å²) in [5, 5.41) is 0. The van der Waals surface area contributed by atoms with E-state index in [-0.39, 0.29) is 11.6 Å². The molecular formula is C31H56O2. The van der Waals surface area contributed by atoms with Crippen LogP contribution in [-0.4, -0.2) is 11.6 Å². The van der Waals surface area contributed by atoms with Crippen LogP contribution in [0.25, 0.3) is 0 Å². The number of hydrogen-bond acceptors (Lipinski definition) is 2. The maximum Gasteiger partial charge on any atom is 0.306 e. The van der Waals surface area contributed by atoms with E-state index in [9.17, 15) is 4.79 Å². The van der Waals surface area contributed by atoms with Crippen LogP contribution in [0, 0.1) is 17.3 Å². The molecule has 1 fully saturated rings. The number of rotatable bonds is 16. The number of allylic oxidation sites excluding steroid dienone is 2. The van der Waals surface area contributed by atoms with Crippen molar-refractivity contribution >= 4 is 5.97 Å². The van der Waals surface area contributed by atoms with Gasteiger partial charge in [-0.05, 0) is 76.5 Å². The van der Waals surface area contributed by atoms with Crippen LogP contribution in [0.1, 0.15) is 157 Å². The van der Waals surface area contributed by atoms with Crippen molar-refractivity contribution in [3.63, 3.8) is 0 Å². The Morgan fingerprint density at radius 1 is 0.939 bits per heavy atom. The van der Waals surface area contributed by atoms with Crippen LogP contribution in [0.5, 0.6) is 0 Å². The molecule has 0 aromatic heterocycles. The molecule has 2 aliphatic rings. The fourth-order valence-electron chi connectivity index (χ4n) is 6.52. The Balaban J connectivity index is 1.54. The van der Waals surface area contributed by atoms with Gasteiger partial charge in [-0.3, -0.25) is 4.79 Å². The zero-order chi connectivity index (χ0) is 24.2. The van der Waals surface area contributed by atoms with Crippen molar-refractivity contribution in [2.75, 3.05) is 0 Å². The molecule has 0 aromatic carbocycles. The molecule has 0 unspecified atom stereocenters. The highest BCUT2D eigenvalue weighted by Crippen LogP contribution is 2.54. The Hall–Kier alpha value is -0.790. The number of esters is 1. The molecule has 0 heterocycles. The minimum absolute atomic E-state index is 0.0207. The highest BCUT2D eigenvalue weighted by atomic mass is 16.6. The summed E-state index contributed by atoms with van der Waals surface area (Å²) in [5.74, 6) is 1.17. The van der Waals surface area contributed by atoms with Gasteiger partial charge in [-0.25, -0.2) is 0 Å². The van der Waals surface area contributed by atoms with E-state index in [1.165, 1.54) is 109 Å². The van der Waals surface area contributed by atoms with Gasteiger partial charge in [0.1, 0.15) is 5.60 Å². The molecule has 0 N–H and O–H groups in total. The van der Waals surface area contributed by atoms with Crippen LogP contribution in [0.2, 0.25) is 0 Å². The van der Waals surface area contributed by atoms with E-state index in [1.54, 1.807) is 5.57 Å². The molecule has 192 valence electrons. The molecule has 0 radical (unpaired) electrons. The molecule has 3 atom stereocenters. The third kappa shape index (κ3) is 9.77. The zero-order valence-electron chi connectivity index (χ0n) is 23.0. The summed E-state index contributed by atoms with van der Waals surface area (Å²) in [6.45, 7) is 11.4. The molecule has 2 aliphatic carbocycles. The van der Waals surface area contributed by atoms with Crippen molar-refractivity contribution in [1.29, 1.82) is 0 Å². The van der Waals surface area contributed by atoms with Crippen molar-refractivity contribution < 1.29 is 9.53 Å². The van der Waals surface area contributed by atoms with Gasteiger partial charge in [0.15, 0.2) is 0 Å². The van der Waals surface area contributed by atoms with Crippen LogP contribution in [0.15, 0.2) is 11.6 Å². The monoisotopic (exact) mass is 460 g/mol. The fraction of sp³-hybridized carbons (Fsp3) is 0.903. The maximum absolute atomic E-state index is 12.6. The Kier molecular flexibility index (Phi) is 12.6. The van der Waals surface area contributed by atoms with E-state index in [0.717, 1.165) is 6.42 Å². The second-order valence-corrected chi connectivity index (χ2v) is 12.2. The Bertz CT molecular complexity index is 590. The summed E-state index contributed by atoms with van der Waals surface area (Å²) in [5.41, 5.74) is 1.69. The van der Waals surface area contributed by atoms with Crippen molar-refractivity contribution in [2.45, 2.75) is 162 Å². The quantitative estimate of drug-likeness (QED) is 0.130. The van der Waals surface area contributed by atoms with Gasteiger partial charge in [-0.2, -0.15) is 0 Å². The fourth-order valence-corrected chi connectivity index (χ4v) is 6.52. The number of ether oxygens (including phenoxy) is 1. The molecule has 2 rings (SSSR count). The standard InChI is InChI=1S/C31H56O2/c1-6-7-8-9-10-11-12-13-14-15-16-17-18-21-29(32)33-30(3,4)27-22-24-31(5)23-19-20-26(2)28(31)25-27/h20,27-28H,6-19,21-25H2,1-5H3/t27-,28+,31-/m1/s1. The molecule has 0 saturated heterocycles. The molecular weight excluding hydrogens is 404 g/mol. The van der Waals surface area contributed by atoms with Gasteiger partial charge in [0, 0.05) is 6.42 Å². The molecule has 0 aliphatic heterocycles. The van der Waals surface area contributed by atoms with Crippen molar-refractivity contribution in [3.05, 3.63) is 11.6 Å². The molecule has 33 heavy (non-hydrogen) atoms. The van der Waals surface area contributed by atoms with E-state index in [4.69, 9.17) is 4.74 Å². The summed E-state index contributed by atoms with van der Waals surface area (Å²) in [7, 11) is 0. The summed E-state index contributed by atoms with van der Waals surface area (Å²) >= 11 is 0. The van der Waals surface area contributed by atoms with E-state index >= 15 is 0 Å². The van der Waals surface area contributed by atoms with Crippen LogP contribution >= 0.6 is 0 Å². The smallest absolute Gasteiger partial charge is 0.306 e. The lowest BCUT2D eigenvalue weighted by Crippen LogP contribution is -2.45. The average Bonchev–Trinajstić information content (AvgIpc) is 2.76. The number of unbranched alkanes of at least 4 members (excludes halogenated alkanes) is 12. The third-order valence-corrected chi connectivity index (χ3v) is 9.00. The lowest BCUT2D eigenvalue weighted by Gasteiger charge is -2.50. The molecule has 1 saturated carbocycles. The van der Waals surface area contributed by atoms with Crippen LogP contribution in [-0.2, 0) is 9.53 Å². The maximum atomic E-state index is 12.6. The Labute approximate surface area is 206 Å². The molecule has 0 bridgehead atoms. The van der Waals surface area contributed by atoms with Crippen molar-refractivity contribution in [1.82, 2.24) is 0 Å². The van der Waals surface area contributed by atoms with Gasteiger partial charge >= 0.3 is 5.97 Å². The van der Waals surface area contributed by atoms with Gasteiger partial charge in [-0.1, -0.05) is 103 Å². The third-order valence-electron chi connectivity index (χ3n) is 9.00. The van der Waals surface area contributed by atoms with Crippen molar-refractivity contribution in [3.8, 4) is 0 Å². The summed E-state index contributed by atoms with van der Waals surface area (Å²) in [6.07, 6.45) is 26.6. The highest BCUT2D eigenvalue weighted by Gasteiger charge is 2.46. The number of carbonyl (C=O) groups excluding carboxylic acids is 1. The molecule has 0 amide bonds. The number of hydrogen-bond donors (Lipinski definition) is 0. The first-order chi connectivity index (χ1) is 15.8. The largest absolute Gasteiger partial charge is 0.459 e. The van der Waals surface area contributed by atoms with Gasteiger partial charge in [0.25, 0.3) is 0 Å². The van der Waals surface area contributed by atoms with E-state index < -0.39 is 0 Å². The SMILES string of the molecule is CCCCCCCCCCCCCCCC(=O)OC(C)(C)[C@@H]1CC[C@@]2(C)CCC=C(C)[C@@H]2C1. The molecule has 2 heteroatoms. The van der Waals surface area contributed by atoms with E-state index in [0.29, 0.717) is 23.7 Å². The Morgan fingerprint density at radius 3 is 2.06 bits per heavy atom. The zero-order valence-corrected chi connectivity index (χ0v) is 23.0. The van der Waals surface area contributed by atoms with Gasteiger partial charge in [0.2, 0.25) is 0 Å². The van der Waals surface area contributed by atoms with Crippen molar-refractivity contribution in [2.24, 2.45) is 17.3 Å². The van der Waals surface area contributed by atoms with E-state index in [1.807, 2.05) is 0 Å². The first-order valence-corrected chi connectivity index (χ1v) is 14.7. The summed E-state index contributed by atoms with van der Waals surface area (Å²) in [6, 6.07) is 0. The predicted molar refractivity (Wildman–Crippen MR) is 142 cm³/mol.